The zero-order valence-corrected chi connectivity index (χ0v) is 12.3. The van der Waals surface area contributed by atoms with Gasteiger partial charge in [-0.2, -0.15) is 0 Å². The molecule has 0 bridgehead atoms. The molecule has 0 amide bonds. The van der Waals surface area contributed by atoms with E-state index in [9.17, 15) is 10.1 Å². The van der Waals surface area contributed by atoms with E-state index in [4.69, 9.17) is 0 Å². The highest BCUT2D eigenvalue weighted by atomic mass is 16.6. The maximum atomic E-state index is 10.6. The van der Waals surface area contributed by atoms with Crippen LogP contribution in [0.15, 0.2) is 36.7 Å². The molecule has 0 atom stereocenters. The Kier molecular flexibility index (Phi) is 4.28. The van der Waals surface area contributed by atoms with E-state index in [1.54, 1.807) is 24.5 Å². The summed E-state index contributed by atoms with van der Waals surface area (Å²) in [7, 11) is 0. The van der Waals surface area contributed by atoms with Gasteiger partial charge in [-0.05, 0) is 32.9 Å². The van der Waals surface area contributed by atoms with Crippen molar-refractivity contribution >= 4 is 5.69 Å². The summed E-state index contributed by atoms with van der Waals surface area (Å²) in [5.41, 5.74) is 1.85. The van der Waals surface area contributed by atoms with Crippen LogP contribution in [0.3, 0.4) is 0 Å². The quantitative estimate of drug-likeness (QED) is 0.690. The smallest absolute Gasteiger partial charge is 0.269 e. The molecular weight excluding hydrogens is 268 g/mol. The SMILES string of the molecule is CC(C)(C)NCc1cnc(-c2ccc([N+](=O)[O-])cc2)nc1. The summed E-state index contributed by atoms with van der Waals surface area (Å²) >= 11 is 0. The molecule has 1 aromatic carbocycles. The summed E-state index contributed by atoms with van der Waals surface area (Å²) in [6.45, 7) is 6.99. The van der Waals surface area contributed by atoms with Gasteiger partial charge in [-0.15, -0.1) is 0 Å². The van der Waals surface area contributed by atoms with Crippen molar-refractivity contribution in [3.8, 4) is 11.4 Å². The molecule has 1 heterocycles. The van der Waals surface area contributed by atoms with Crippen LogP contribution in [0.25, 0.3) is 11.4 Å². The van der Waals surface area contributed by atoms with Crippen LogP contribution >= 0.6 is 0 Å². The average Bonchev–Trinajstić information content (AvgIpc) is 2.45. The third-order valence-corrected chi connectivity index (χ3v) is 2.86. The van der Waals surface area contributed by atoms with Crippen LogP contribution in [-0.2, 0) is 6.54 Å². The second kappa shape index (κ2) is 5.97. The molecule has 0 radical (unpaired) electrons. The van der Waals surface area contributed by atoms with Gasteiger partial charge in [0.1, 0.15) is 0 Å². The lowest BCUT2D eigenvalue weighted by Gasteiger charge is -2.20. The maximum Gasteiger partial charge on any atom is 0.269 e. The van der Waals surface area contributed by atoms with Gasteiger partial charge in [0, 0.05) is 47.7 Å². The molecule has 1 N–H and O–H groups in total. The molecule has 110 valence electrons. The Morgan fingerprint density at radius 3 is 2.19 bits per heavy atom. The third kappa shape index (κ3) is 4.32. The number of hydrogen-bond donors (Lipinski definition) is 1. The number of hydrogen-bond acceptors (Lipinski definition) is 5. The van der Waals surface area contributed by atoms with Crippen molar-refractivity contribution in [3.05, 3.63) is 52.3 Å². The lowest BCUT2D eigenvalue weighted by Crippen LogP contribution is -2.35. The van der Waals surface area contributed by atoms with Crippen molar-refractivity contribution in [1.82, 2.24) is 15.3 Å². The number of benzene rings is 1. The fourth-order valence-electron chi connectivity index (χ4n) is 1.69. The van der Waals surface area contributed by atoms with Crippen molar-refractivity contribution in [1.29, 1.82) is 0 Å². The fourth-order valence-corrected chi connectivity index (χ4v) is 1.69. The van der Waals surface area contributed by atoms with E-state index in [0.717, 1.165) is 11.1 Å². The van der Waals surface area contributed by atoms with Gasteiger partial charge >= 0.3 is 0 Å². The first-order valence-corrected chi connectivity index (χ1v) is 6.66. The molecule has 2 aromatic rings. The molecule has 6 nitrogen and oxygen atoms in total. The molecule has 0 aliphatic rings. The number of nitro groups is 1. The Morgan fingerprint density at radius 2 is 1.71 bits per heavy atom. The molecule has 0 unspecified atom stereocenters. The average molecular weight is 286 g/mol. The summed E-state index contributed by atoms with van der Waals surface area (Å²) in [4.78, 5) is 18.8. The van der Waals surface area contributed by atoms with Crippen molar-refractivity contribution in [2.75, 3.05) is 0 Å². The third-order valence-electron chi connectivity index (χ3n) is 2.86. The van der Waals surface area contributed by atoms with Crippen LogP contribution < -0.4 is 5.32 Å². The van der Waals surface area contributed by atoms with Gasteiger partial charge in [-0.3, -0.25) is 10.1 Å². The van der Waals surface area contributed by atoms with Crippen molar-refractivity contribution < 1.29 is 4.92 Å². The van der Waals surface area contributed by atoms with Crippen molar-refractivity contribution in [2.45, 2.75) is 32.9 Å². The maximum absolute atomic E-state index is 10.6. The number of rotatable bonds is 4. The highest BCUT2D eigenvalue weighted by Gasteiger charge is 2.10. The zero-order valence-electron chi connectivity index (χ0n) is 12.3. The second-order valence-electron chi connectivity index (χ2n) is 5.82. The van der Waals surface area contributed by atoms with Gasteiger partial charge < -0.3 is 5.32 Å². The Morgan fingerprint density at radius 1 is 1.14 bits per heavy atom. The fraction of sp³-hybridized carbons (Fsp3) is 0.333. The zero-order chi connectivity index (χ0) is 15.5. The van der Waals surface area contributed by atoms with Gasteiger partial charge in [0.05, 0.1) is 4.92 Å². The summed E-state index contributed by atoms with van der Waals surface area (Å²) in [5.74, 6) is 0.560. The van der Waals surface area contributed by atoms with Crippen LogP contribution in [-0.4, -0.2) is 20.4 Å². The standard InChI is InChI=1S/C15H18N4O2/c1-15(2,3)18-10-11-8-16-14(17-9-11)12-4-6-13(7-5-12)19(20)21/h4-9,18H,10H2,1-3H3. The topological polar surface area (TPSA) is 81.0 Å². The summed E-state index contributed by atoms with van der Waals surface area (Å²) in [6.07, 6.45) is 3.53. The first-order valence-electron chi connectivity index (χ1n) is 6.66. The first kappa shape index (κ1) is 15.1. The monoisotopic (exact) mass is 286 g/mol. The second-order valence-corrected chi connectivity index (χ2v) is 5.82. The van der Waals surface area contributed by atoms with Crippen LogP contribution in [0.4, 0.5) is 5.69 Å². The highest BCUT2D eigenvalue weighted by Crippen LogP contribution is 2.19. The lowest BCUT2D eigenvalue weighted by molar-refractivity contribution is -0.384. The van der Waals surface area contributed by atoms with Crippen LogP contribution in [0.1, 0.15) is 26.3 Å². The lowest BCUT2D eigenvalue weighted by atomic mass is 10.1. The molecule has 0 saturated carbocycles. The Hall–Kier alpha value is -2.34. The van der Waals surface area contributed by atoms with Crippen LogP contribution in [0.5, 0.6) is 0 Å². The minimum absolute atomic E-state index is 0.0387. The minimum Gasteiger partial charge on any atom is -0.308 e. The normalized spacial score (nSPS) is 11.4. The Bertz CT molecular complexity index is 616. The Balaban J connectivity index is 2.09. The van der Waals surface area contributed by atoms with Gasteiger partial charge in [-0.25, -0.2) is 9.97 Å². The van der Waals surface area contributed by atoms with E-state index in [1.165, 1.54) is 12.1 Å². The minimum atomic E-state index is -0.425. The summed E-state index contributed by atoms with van der Waals surface area (Å²) in [5, 5.41) is 14.0. The molecule has 0 fully saturated rings. The summed E-state index contributed by atoms with van der Waals surface area (Å²) in [6, 6.07) is 6.21. The van der Waals surface area contributed by atoms with Crippen LogP contribution in [0, 0.1) is 10.1 Å². The molecule has 0 aliphatic carbocycles. The largest absolute Gasteiger partial charge is 0.308 e. The number of nitrogens with zero attached hydrogens (tertiary/aromatic N) is 3. The Labute approximate surface area is 123 Å². The van der Waals surface area contributed by atoms with E-state index in [1.807, 2.05) is 0 Å². The van der Waals surface area contributed by atoms with E-state index >= 15 is 0 Å². The molecule has 1 aromatic heterocycles. The predicted octanol–water partition coefficient (Wildman–Crippen LogP) is 2.94. The van der Waals surface area contributed by atoms with Crippen molar-refractivity contribution in [3.63, 3.8) is 0 Å². The van der Waals surface area contributed by atoms with Gasteiger partial charge in [-0.1, -0.05) is 0 Å². The highest BCUT2D eigenvalue weighted by molar-refractivity contribution is 5.56. The number of nitrogens with one attached hydrogen (secondary N) is 1. The van der Waals surface area contributed by atoms with E-state index < -0.39 is 4.92 Å². The van der Waals surface area contributed by atoms with Crippen molar-refractivity contribution in [2.24, 2.45) is 0 Å². The summed E-state index contributed by atoms with van der Waals surface area (Å²) < 4.78 is 0. The molecule has 2 rings (SSSR count). The molecule has 21 heavy (non-hydrogen) atoms. The van der Waals surface area contributed by atoms with E-state index in [-0.39, 0.29) is 11.2 Å². The molecule has 0 aliphatic heterocycles. The van der Waals surface area contributed by atoms with E-state index in [2.05, 4.69) is 36.1 Å². The van der Waals surface area contributed by atoms with E-state index in [0.29, 0.717) is 12.4 Å². The molecule has 6 heteroatoms. The molecular formula is C15H18N4O2. The molecule has 0 saturated heterocycles. The first-order chi connectivity index (χ1) is 9.85. The number of non-ortho nitro benzene ring substituents is 1. The van der Waals surface area contributed by atoms with Gasteiger partial charge in [0.25, 0.3) is 5.69 Å². The number of aromatic nitrogens is 2. The van der Waals surface area contributed by atoms with Crippen LogP contribution in [0.2, 0.25) is 0 Å². The van der Waals surface area contributed by atoms with Gasteiger partial charge in [0.15, 0.2) is 5.82 Å². The number of nitro benzene ring substituents is 1. The van der Waals surface area contributed by atoms with Gasteiger partial charge in [0.2, 0.25) is 0 Å². The predicted molar refractivity (Wildman–Crippen MR) is 80.7 cm³/mol. The molecule has 0 spiro atoms.